The van der Waals surface area contributed by atoms with Crippen LogP contribution in [-0.2, 0) is 4.74 Å². The fraction of sp³-hybridized carbons (Fsp3) is 0.778. The van der Waals surface area contributed by atoms with Crippen LogP contribution in [0.25, 0.3) is 0 Å². The minimum Gasteiger partial charge on any atom is -0.379 e. The SMILES string of the molecule is COC1CCCCC1n1nc(N)nc1Br. The number of ether oxygens (including phenoxy) is 1. The first kappa shape index (κ1) is 10.9. The summed E-state index contributed by atoms with van der Waals surface area (Å²) in [6.45, 7) is 0. The van der Waals surface area contributed by atoms with Gasteiger partial charge in [-0.25, -0.2) is 4.68 Å². The van der Waals surface area contributed by atoms with Crippen molar-refractivity contribution in [3.05, 3.63) is 4.73 Å². The van der Waals surface area contributed by atoms with E-state index in [1.54, 1.807) is 7.11 Å². The summed E-state index contributed by atoms with van der Waals surface area (Å²) >= 11 is 3.36. The van der Waals surface area contributed by atoms with Gasteiger partial charge in [0.05, 0.1) is 12.1 Å². The molecule has 0 amide bonds. The monoisotopic (exact) mass is 274 g/mol. The van der Waals surface area contributed by atoms with E-state index in [4.69, 9.17) is 10.5 Å². The van der Waals surface area contributed by atoms with Gasteiger partial charge in [-0.3, -0.25) is 0 Å². The third kappa shape index (κ3) is 2.15. The summed E-state index contributed by atoms with van der Waals surface area (Å²) in [6, 6.07) is 0.253. The van der Waals surface area contributed by atoms with Crippen molar-refractivity contribution < 1.29 is 4.74 Å². The van der Waals surface area contributed by atoms with Gasteiger partial charge in [0.2, 0.25) is 5.95 Å². The lowest BCUT2D eigenvalue weighted by Crippen LogP contribution is -2.30. The molecule has 1 aliphatic rings. The molecule has 2 atom stereocenters. The minimum absolute atomic E-state index is 0.219. The molecule has 1 saturated carbocycles. The van der Waals surface area contributed by atoms with Gasteiger partial charge in [-0.15, -0.1) is 5.10 Å². The molecule has 6 heteroatoms. The third-order valence-corrected chi connectivity index (χ3v) is 3.43. The number of nitrogens with zero attached hydrogens (tertiary/aromatic N) is 3. The number of aromatic nitrogens is 3. The number of hydrogen-bond acceptors (Lipinski definition) is 4. The van der Waals surface area contributed by atoms with Crippen LogP contribution >= 0.6 is 15.9 Å². The Morgan fingerprint density at radius 1 is 1.47 bits per heavy atom. The Morgan fingerprint density at radius 2 is 2.20 bits per heavy atom. The Hall–Kier alpha value is -0.620. The fourth-order valence-electron chi connectivity index (χ4n) is 2.16. The van der Waals surface area contributed by atoms with Crippen LogP contribution in [0.15, 0.2) is 4.73 Å². The Morgan fingerprint density at radius 3 is 2.80 bits per heavy atom. The van der Waals surface area contributed by atoms with Crippen molar-refractivity contribution in [2.24, 2.45) is 0 Å². The number of nitrogens with two attached hydrogens (primary N) is 1. The molecule has 1 fully saturated rings. The lowest BCUT2D eigenvalue weighted by Gasteiger charge is -2.30. The summed E-state index contributed by atoms with van der Waals surface area (Å²) < 4.78 is 8.00. The summed E-state index contributed by atoms with van der Waals surface area (Å²) in [5.74, 6) is 0.308. The zero-order valence-corrected chi connectivity index (χ0v) is 10.3. The number of anilines is 1. The summed E-state index contributed by atoms with van der Waals surface area (Å²) in [6.07, 6.45) is 4.79. The lowest BCUT2D eigenvalue weighted by molar-refractivity contribution is 0.0236. The first-order chi connectivity index (χ1) is 7.22. The molecule has 0 aliphatic heterocycles. The van der Waals surface area contributed by atoms with E-state index in [0.717, 1.165) is 12.8 Å². The highest BCUT2D eigenvalue weighted by Gasteiger charge is 2.28. The van der Waals surface area contributed by atoms with Gasteiger partial charge in [-0.05, 0) is 28.8 Å². The number of methoxy groups -OCH3 is 1. The maximum absolute atomic E-state index is 5.56. The van der Waals surface area contributed by atoms with Gasteiger partial charge in [0, 0.05) is 7.11 Å². The van der Waals surface area contributed by atoms with Crippen LogP contribution in [0, 0.1) is 0 Å². The molecule has 5 nitrogen and oxygen atoms in total. The fourth-order valence-corrected chi connectivity index (χ4v) is 2.69. The molecule has 1 aliphatic carbocycles. The van der Waals surface area contributed by atoms with E-state index in [0.29, 0.717) is 10.7 Å². The molecule has 2 unspecified atom stereocenters. The van der Waals surface area contributed by atoms with Crippen LogP contribution in [0.4, 0.5) is 5.95 Å². The summed E-state index contributed by atoms with van der Waals surface area (Å²) in [5, 5.41) is 4.19. The molecule has 15 heavy (non-hydrogen) atoms. The molecule has 1 aromatic rings. The van der Waals surface area contributed by atoms with Gasteiger partial charge in [-0.2, -0.15) is 4.98 Å². The Bertz CT molecular complexity index is 341. The van der Waals surface area contributed by atoms with Crippen molar-refractivity contribution in [3.8, 4) is 0 Å². The number of rotatable bonds is 2. The van der Waals surface area contributed by atoms with E-state index in [2.05, 4.69) is 26.0 Å². The molecule has 0 radical (unpaired) electrons. The summed E-state index contributed by atoms with van der Waals surface area (Å²) in [5.41, 5.74) is 5.56. The molecule has 2 rings (SSSR count). The highest BCUT2D eigenvalue weighted by molar-refractivity contribution is 9.10. The molecule has 1 heterocycles. The average molecular weight is 275 g/mol. The van der Waals surface area contributed by atoms with Gasteiger partial charge in [0.25, 0.3) is 0 Å². The second-order valence-corrected chi connectivity index (χ2v) is 4.52. The van der Waals surface area contributed by atoms with Crippen LogP contribution < -0.4 is 5.73 Å². The van der Waals surface area contributed by atoms with Crippen molar-refractivity contribution in [2.75, 3.05) is 12.8 Å². The van der Waals surface area contributed by atoms with Gasteiger partial charge >= 0.3 is 0 Å². The molecule has 2 N–H and O–H groups in total. The van der Waals surface area contributed by atoms with Crippen molar-refractivity contribution in [3.63, 3.8) is 0 Å². The normalized spacial score (nSPS) is 26.8. The number of nitrogen functional groups attached to an aromatic ring is 1. The first-order valence-corrected chi connectivity index (χ1v) is 5.92. The minimum atomic E-state index is 0.219. The Balaban J connectivity index is 2.23. The Kier molecular flexibility index (Phi) is 3.25. The lowest BCUT2D eigenvalue weighted by atomic mass is 9.92. The third-order valence-electron chi connectivity index (χ3n) is 2.89. The van der Waals surface area contributed by atoms with E-state index in [1.807, 2.05) is 4.68 Å². The zero-order chi connectivity index (χ0) is 10.8. The van der Waals surface area contributed by atoms with E-state index < -0.39 is 0 Å². The van der Waals surface area contributed by atoms with E-state index in [9.17, 15) is 0 Å². The van der Waals surface area contributed by atoms with Crippen LogP contribution in [0.3, 0.4) is 0 Å². The highest BCUT2D eigenvalue weighted by Crippen LogP contribution is 2.32. The van der Waals surface area contributed by atoms with Crippen molar-refractivity contribution in [2.45, 2.75) is 37.8 Å². The molecular weight excluding hydrogens is 260 g/mol. The molecule has 0 bridgehead atoms. The molecular formula is C9H15BrN4O. The maximum Gasteiger partial charge on any atom is 0.240 e. The number of halogens is 1. The van der Waals surface area contributed by atoms with Crippen molar-refractivity contribution >= 4 is 21.9 Å². The van der Waals surface area contributed by atoms with Crippen molar-refractivity contribution in [1.29, 1.82) is 0 Å². The quantitative estimate of drug-likeness (QED) is 0.893. The predicted octanol–water partition coefficient (Wildman–Crippen LogP) is 1.75. The topological polar surface area (TPSA) is 66.0 Å². The van der Waals surface area contributed by atoms with Crippen LogP contribution in [0.1, 0.15) is 31.7 Å². The second kappa shape index (κ2) is 4.49. The summed E-state index contributed by atoms with van der Waals surface area (Å²) in [4.78, 5) is 4.05. The average Bonchev–Trinajstić information content (AvgIpc) is 2.57. The zero-order valence-electron chi connectivity index (χ0n) is 8.69. The van der Waals surface area contributed by atoms with E-state index >= 15 is 0 Å². The van der Waals surface area contributed by atoms with Gasteiger partial charge in [0.15, 0.2) is 4.73 Å². The van der Waals surface area contributed by atoms with E-state index in [-0.39, 0.29) is 12.1 Å². The van der Waals surface area contributed by atoms with Crippen LogP contribution in [0.2, 0.25) is 0 Å². The Labute approximate surface area is 97.1 Å². The molecule has 0 aromatic carbocycles. The molecule has 1 aromatic heterocycles. The van der Waals surface area contributed by atoms with Gasteiger partial charge < -0.3 is 10.5 Å². The standard InChI is InChI=1S/C9H15BrN4O/c1-15-7-5-3-2-4-6(7)14-8(10)12-9(11)13-14/h6-7H,2-5H2,1H3,(H2,11,13). The van der Waals surface area contributed by atoms with Crippen LogP contribution in [0.5, 0.6) is 0 Å². The largest absolute Gasteiger partial charge is 0.379 e. The second-order valence-electron chi connectivity index (χ2n) is 3.81. The summed E-state index contributed by atoms with van der Waals surface area (Å²) in [7, 11) is 1.75. The highest BCUT2D eigenvalue weighted by atomic mass is 79.9. The van der Waals surface area contributed by atoms with Gasteiger partial charge in [0.1, 0.15) is 0 Å². The van der Waals surface area contributed by atoms with E-state index in [1.165, 1.54) is 12.8 Å². The molecule has 0 spiro atoms. The van der Waals surface area contributed by atoms with Gasteiger partial charge in [-0.1, -0.05) is 12.8 Å². The molecule has 0 saturated heterocycles. The smallest absolute Gasteiger partial charge is 0.240 e. The molecule has 84 valence electrons. The maximum atomic E-state index is 5.56. The van der Waals surface area contributed by atoms with Crippen molar-refractivity contribution in [1.82, 2.24) is 14.8 Å². The predicted molar refractivity (Wildman–Crippen MR) is 60.4 cm³/mol. The first-order valence-electron chi connectivity index (χ1n) is 5.12. The van der Waals surface area contributed by atoms with Crippen LogP contribution in [-0.4, -0.2) is 28.0 Å². The number of hydrogen-bond donors (Lipinski definition) is 1.